The van der Waals surface area contributed by atoms with Crippen molar-refractivity contribution in [3.05, 3.63) is 0 Å². The molecule has 0 bridgehead atoms. The second-order valence-corrected chi connectivity index (χ2v) is 6.48. The lowest BCUT2D eigenvalue weighted by molar-refractivity contribution is -0.0336. The molecule has 0 saturated carbocycles. The van der Waals surface area contributed by atoms with E-state index in [1.54, 1.807) is 0 Å². The van der Waals surface area contributed by atoms with Gasteiger partial charge in [0.25, 0.3) is 0 Å². The molecule has 0 aromatic rings. The van der Waals surface area contributed by atoms with E-state index in [2.05, 4.69) is 30.7 Å². The van der Waals surface area contributed by atoms with Crippen LogP contribution in [0.4, 0.5) is 0 Å². The first-order valence-electron chi connectivity index (χ1n) is 7.88. The van der Waals surface area contributed by atoms with Crippen LogP contribution in [-0.4, -0.2) is 67.3 Å². The fraction of sp³-hybridized carbons (Fsp3) is 1.00. The van der Waals surface area contributed by atoms with Gasteiger partial charge in [-0.25, -0.2) is 0 Å². The average molecular weight is 269 g/mol. The quantitative estimate of drug-likeness (QED) is 0.817. The van der Waals surface area contributed by atoms with E-state index in [9.17, 15) is 0 Å². The maximum atomic E-state index is 6.16. The zero-order chi connectivity index (χ0) is 13.9. The minimum absolute atomic E-state index is 0.183. The summed E-state index contributed by atoms with van der Waals surface area (Å²) in [5.74, 6) is 0. The average Bonchev–Trinajstić information content (AvgIpc) is 2.73. The van der Waals surface area contributed by atoms with E-state index < -0.39 is 0 Å². The topological polar surface area (TPSA) is 41.7 Å². The van der Waals surface area contributed by atoms with Gasteiger partial charge in [-0.05, 0) is 46.2 Å². The van der Waals surface area contributed by atoms with Gasteiger partial charge in [0, 0.05) is 37.8 Å². The van der Waals surface area contributed by atoms with Crippen LogP contribution in [0.25, 0.3) is 0 Å². The molecule has 0 aromatic heterocycles. The van der Waals surface area contributed by atoms with Crippen LogP contribution >= 0.6 is 0 Å². The van der Waals surface area contributed by atoms with Gasteiger partial charge < -0.3 is 15.4 Å². The SMILES string of the molecule is CCCOC1CCCN(C2(CN)CC(C)N(C)C2)C1. The molecule has 2 rings (SSSR count). The van der Waals surface area contributed by atoms with Crippen LogP contribution in [0.3, 0.4) is 0 Å². The van der Waals surface area contributed by atoms with E-state index in [-0.39, 0.29) is 5.54 Å². The lowest BCUT2D eigenvalue weighted by atomic mass is 9.91. The van der Waals surface area contributed by atoms with E-state index in [1.165, 1.54) is 25.8 Å². The van der Waals surface area contributed by atoms with Crippen molar-refractivity contribution in [2.24, 2.45) is 5.73 Å². The smallest absolute Gasteiger partial charge is 0.0702 e. The molecule has 0 aromatic carbocycles. The Labute approximate surface area is 118 Å². The fourth-order valence-corrected chi connectivity index (χ4v) is 3.69. The predicted octanol–water partition coefficient (Wildman–Crippen LogP) is 1.30. The molecular weight excluding hydrogens is 238 g/mol. The molecule has 19 heavy (non-hydrogen) atoms. The number of piperidine rings is 1. The third-order valence-electron chi connectivity index (χ3n) is 4.96. The number of nitrogens with two attached hydrogens (primary N) is 1. The Balaban J connectivity index is 1.98. The van der Waals surface area contributed by atoms with Gasteiger partial charge in [-0.1, -0.05) is 6.92 Å². The maximum Gasteiger partial charge on any atom is 0.0702 e. The Bertz CT molecular complexity index is 275. The predicted molar refractivity (Wildman–Crippen MR) is 79.3 cm³/mol. The Kier molecular flexibility index (Phi) is 5.23. The molecule has 3 unspecified atom stereocenters. The second kappa shape index (κ2) is 6.53. The van der Waals surface area contributed by atoms with Crippen LogP contribution in [0.2, 0.25) is 0 Å². The van der Waals surface area contributed by atoms with Gasteiger partial charge in [-0.3, -0.25) is 4.90 Å². The first-order valence-corrected chi connectivity index (χ1v) is 7.88. The minimum Gasteiger partial charge on any atom is -0.377 e. The molecule has 2 N–H and O–H groups in total. The highest BCUT2D eigenvalue weighted by molar-refractivity contribution is 5.03. The van der Waals surface area contributed by atoms with Crippen molar-refractivity contribution >= 4 is 0 Å². The summed E-state index contributed by atoms with van der Waals surface area (Å²) in [5.41, 5.74) is 6.34. The number of likely N-dealkylation sites (N-methyl/N-ethyl adjacent to an activating group) is 1. The Morgan fingerprint density at radius 3 is 2.79 bits per heavy atom. The Morgan fingerprint density at radius 2 is 2.21 bits per heavy atom. The monoisotopic (exact) mass is 269 g/mol. The molecule has 0 amide bonds. The summed E-state index contributed by atoms with van der Waals surface area (Å²) in [6, 6.07) is 0.639. The summed E-state index contributed by atoms with van der Waals surface area (Å²) in [7, 11) is 2.22. The molecule has 0 spiro atoms. The van der Waals surface area contributed by atoms with Crippen molar-refractivity contribution in [2.75, 3.05) is 39.8 Å². The van der Waals surface area contributed by atoms with Crippen LogP contribution in [0.1, 0.15) is 39.5 Å². The molecule has 112 valence electrons. The van der Waals surface area contributed by atoms with Crippen molar-refractivity contribution in [3.63, 3.8) is 0 Å². The van der Waals surface area contributed by atoms with Gasteiger partial charge in [0.05, 0.1) is 6.10 Å². The number of hydrogen-bond acceptors (Lipinski definition) is 4. The minimum atomic E-state index is 0.183. The zero-order valence-electron chi connectivity index (χ0n) is 12.9. The molecular formula is C15H31N3O. The number of hydrogen-bond donors (Lipinski definition) is 1. The van der Waals surface area contributed by atoms with Crippen molar-refractivity contribution in [1.82, 2.24) is 9.80 Å². The summed E-state index contributed by atoms with van der Waals surface area (Å²) in [6.07, 6.45) is 5.17. The highest BCUT2D eigenvalue weighted by Crippen LogP contribution is 2.33. The second-order valence-electron chi connectivity index (χ2n) is 6.48. The lowest BCUT2D eigenvalue weighted by Crippen LogP contribution is -2.59. The highest BCUT2D eigenvalue weighted by atomic mass is 16.5. The van der Waals surface area contributed by atoms with Crippen LogP contribution in [-0.2, 0) is 4.74 Å². The van der Waals surface area contributed by atoms with Gasteiger partial charge in [0.2, 0.25) is 0 Å². The number of likely N-dealkylation sites (tertiary alicyclic amines) is 2. The van der Waals surface area contributed by atoms with Crippen LogP contribution in [0.15, 0.2) is 0 Å². The molecule has 0 aliphatic carbocycles. The third-order valence-corrected chi connectivity index (χ3v) is 4.96. The normalized spacial score (nSPS) is 37.9. The number of ether oxygens (including phenoxy) is 1. The molecule has 4 nitrogen and oxygen atoms in total. The first kappa shape index (κ1) is 15.2. The first-order chi connectivity index (χ1) is 9.11. The summed E-state index contributed by atoms with van der Waals surface area (Å²) < 4.78 is 5.97. The largest absolute Gasteiger partial charge is 0.377 e. The van der Waals surface area contributed by atoms with Gasteiger partial charge in [0.15, 0.2) is 0 Å². The van der Waals surface area contributed by atoms with Crippen molar-refractivity contribution in [1.29, 1.82) is 0 Å². The van der Waals surface area contributed by atoms with Gasteiger partial charge in [-0.15, -0.1) is 0 Å². The van der Waals surface area contributed by atoms with E-state index >= 15 is 0 Å². The van der Waals surface area contributed by atoms with E-state index in [1.807, 2.05) is 0 Å². The standard InChI is InChI=1S/C15H31N3O/c1-4-8-19-14-6-5-7-18(10-14)15(11-16)9-13(2)17(3)12-15/h13-14H,4-12,16H2,1-3H3. The third kappa shape index (κ3) is 3.30. The molecule has 4 heteroatoms. The van der Waals surface area contributed by atoms with Crippen LogP contribution < -0.4 is 5.73 Å². The van der Waals surface area contributed by atoms with E-state index in [4.69, 9.17) is 10.5 Å². The van der Waals surface area contributed by atoms with Crippen LogP contribution in [0.5, 0.6) is 0 Å². The molecule has 2 aliphatic rings. The van der Waals surface area contributed by atoms with E-state index in [0.717, 1.165) is 32.7 Å². The summed E-state index contributed by atoms with van der Waals surface area (Å²) in [5, 5.41) is 0. The number of rotatable bonds is 5. The van der Waals surface area contributed by atoms with Gasteiger partial charge >= 0.3 is 0 Å². The molecule has 2 aliphatic heterocycles. The zero-order valence-corrected chi connectivity index (χ0v) is 12.9. The molecule has 3 atom stereocenters. The Morgan fingerprint density at radius 1 is 1.42 bits per heavy atom. The highest BCUT2D eigenvalue weighted by Gasteiger charge is 2.45. The fourth-order valence-electron chi connectivity index (χ4n) is 3.69. The lowest BCUT2D eigenvalue weighted by Gasteiger charge is -2.45. The summed E-state index contributed by atoms with van der Waals surface area (Å²) in [6.45, 7) is 9.50. The maximum absolute atomic E-state index is 6.16. The van der Waals surface area contributed by atoms with Gasteiger partial charge in [-0.2, -0.15) is 0 Å². The van der Waals surface area contributed by atoms with Crippen LogP contribution in [0, 0.1) is 0 Å². The van der Waals surface area contributed by atoms with Crippen molar-refractivity contribution in [2.45, 2.75) is 57.2 Å². The van der Waals surface area contributed by atoms with Gasteiger partial charge in [0.1, 0.15) is 0 Å². The van der Waals surface area contributed by atoms with Crippen molar-refractivity contribution in [3.8, 4) is 0 Å². The molecule has 0 radical (unpaired) electrons. The van der Waals surface area contributed by atoms with Crippen molar-refractivity contribution < 1.29 is 4.74 Å². The summed E-state index contributed by atoms with van der Waals surface area (Å²) in [4.78, 5) is 5.07. The van der Waals surface area contributed by atoms with E-state index in [0.29, 0.717) is 12.1 Å². The molecule has 2 fully saturated rings. The Hall–Kier alpha value is -0.160. The number of nitrogens with zero attached hydrogens (tertiary/aromatic N) is 2. The molecule has 2 heterocycles. The molecule has 2 saturated heterocycles. The summed E-state index contributed by atoms with van der Waals surface area (Å²) >= 11 is 0.